The zero-order valence-electron chi connectivity index (χ0n) is 9.28. The number of aliphatic hydroxyl groups is 1. The van der Waals surface area contributed by atoms with E-state index in [-0.39, 0.29) is 5.89 Å². The number of pyridine rings is 1. The average molecular weight is 234 g/mol. The van der Waals surface area contributed by atoms with E-state index in [1.54, 1.807) is 6.20 Å². The largest absolute Gasteiger partial charge is 0.383 e. The minimum Gasteiger partial charge on any atom is -0.383 e. The van der Waals surface area contributed by atoms with E-state index in [0.717, 1.165) is 5.69 Å². The van der Waals surface area contributed by atoms with Crippen LogP contribution in [0, 0.1) is 0 Å². The smallest absolute Gasteiger partial charge is 0.255 e. The van der Waals surface area contributed by atoms with Crippen molar-refractivity contribution in [2.75, 3.05) is 6.54 Å². The van der Waals surface area contributed by atoms with Crippen LogP contribution in [0.4, 0.5) is 0 Å². The summed E-state index contributed by atoms with van der Waals surface area (Å²) < 4.78 is 4.96. The first kappa shape index (κ1) is 11.7. The predicted octanol–water partition coefficient (Wildman–Crippen LogP) is 0.438. The average Bonchev–Trinajstić information content (AvgIpc) is 2.79. The molecule has 0 radical (unpaired) electrons. The van der Waals surface area contributed by atoms with Crippen molar-refractivity contribution >= 4 is 0 Å². The van der Waals surface area contributed by atoms with Crippen molar-refractivity contribution < 1.29 is 9.63 Å². The number of nitrogens with two attached hydrogens (primary N) is 1. The number of hydrogen-bond acceptors (Lipinski definition) is 6. The minimum absolute atomic E-state index is 0.210. The fourth-order valence-corrected chi connectivity index (χ4v) is 1.42. The van der Waals surface area contributed by atoms with Crippen LogP contribution in [0.2, 0.25) is 0 Å². The molecule has 2 rings (SSSR count). The summed E-state index contributed by atoms with van der Waals surface area (Å²) in [6.07, 6.45) is 1.81. The van der Waals surface area contributed by atoms with Gasteiger partial charge >= 0.3 is 0 Å². The van der Waals surface area contributed by atoms with E-state index in [9.17, 15) is 5.11 Å². The van der Waals surface area contributed by atoms with Crippen LogP contribution < -0.4 is 5.73 Å². The molecule has 2 aromatic rings. The highest BCUT2D eigenvalue weighted by Gasteiger charge is 2.15. The third-order valence-electron chi connectivity index (χ3n) is 2.27. The molecule has 6 heteroatoms. The van der Waals surface area contributed by atoms with Crippen molar-refractivity contribution in [2.45, 2.75) is 18.9 Å². The second kappa shape index (κ2) is 5.51. The third kappa shape index (κ3) is 3.08. The van der Waals surface area contributed by atoms with E-state index in [2.05, 4.69) is 15.1 Å². The fourth-order valence-electron chi connectivity index (χ4n) is 1.42. The summed E-state index contributed by atoms with van der Waals surface area (Å²) in [4.78, 5) is 8.26. The van der Waals surface area contributed by atoms with Crippen molar-refractivity contribution in [1.82, 2.24) is 15.1 Å². The summed E-state index contributed by atoms with van der Waals surface area (Å²) in [6.45, 7) is 0.374. The van der Waals surface area contributed by atoms with Gasteiger partial charge in [-0.25, -0.2) is 0 Å². The second-order valence-electron chi connectivity index (χ2n) is 3.64. The molecule has 0 aromatic carbocycles. The Balaban J connectivity index is 2.04. The van der Waals surface area contributed by atoms with Crippen molar-refractivity contribution in [2.24, 2.45) is 5.73 Å². The topological polar surface area (TPSA) is 98.1 Å². The molecule has 6 nitrogen and oxygen atoms in total. The van der Waals surface area contributed by atoms with Gasteiger partial charge in [0, 0.05) is 11.9 Å². The third-order valence-corrected chi connectivity index (χ3v) is 2.27. The highest BCUT2D eigenvalue weighted by Crippen LogP contribution is 2.14. The molecule has 0 bridgehead atoms. The molecule has 0 spiro atoms. The Morgan fingerprint density at radius 1 is 1.41 bits per heavy atom. The van der Waals surface area contributed by atoms with Gasteiger partial charge in [-0.05, 0) is 25.1 Å². The molecule has 0 saturated carbocycles. The number of hydrogen-bond donors (Lipinski definition) is 2. The molecule has 17 heavy (non-hydrogen) atoms. The van der Waals surface area contributed by atoms with Crippen molar-refractivity contribution in [3.8, 4) is 0 Å². The van der Waals surface area contributed by atoms with Gasteiger partial charge in [-0.15, -0.1) is 0 Å². The zero-order chi connectivity index (χ0) is 12.1. The molecule has 90 valence electrons. The molecule has 0 fully saturated rings. The lowest BCUT2D eigenvalue weighted by molar-refractivity contribution is 0.127. The lowest BCUT2D eigenvalue weighted by Gasteiger charge is -2.00. The molecule has 0 aliphatic rings. The highest BCUT2D eigenvalue weighted by atomic mass is 16.5. The number of rotatable bonds is 5. The molecule has 0 aliphatic carbocycles. The van der Waals surface area contributed by atoms with Crippen LogP contribution in [0.25, 0.3) is 0 Å². The van der Waals surface area contributed by atoms with E-state index in [1.165, 1.54) is 0 Å². The lowest BCUT2D eigenvalue weighted by atomic mass is 10.2. The number of nitrogens with zero attached hydrogens (tertiary/aromatic N) is 3. The van der Waals surface area contributed by atoms with Gasteiger partial charge in [0.2, 0.25) is 0 Å². The van der Waals surface area contributed by atoms with Gasteiger partial charge in [-0.2, -0.15) is 4.98 Å². The standard InChI is InChI=1S/C11H14N4O2/c12-5-4-9(16)11-14-10(15-17-11)7-8-3-1-2-6-13-8/h1-3,6,9,16H,4-5,7,12H2/t9-/m0/s1. The second-order valence-corrected chi connectivity index (χ2v) is 3.64. The molecule has 0 unspecified atom stereocenters. The molecule has 2 heterocycles. The van der Waals surface area contributed by atoms with Crippen LogP contribution >= 0.6 is 0 Å². The van der Waals surface area contributed by atoms with Crippen molar-refractivity contribution in [1.29, 1.82) is 0 Å². The number of aliphatic hydroxyl groups excluding tert-OH is 1. The highest BCUT2D eigenvalue weighted by molar-refractivity contribution is 5.09. The van der Waals surface area contributed by atoms with E-state index < -0.39 is 6.10 Å². The quantitative estimate of drug-likeness (QED) is 0.778. The molecule has 2 aromatic heterocycles. The van der Waals surface area contributed by atoms with Crippen LogP contribution in [-0.2, 0) is 6.42 Å². The van der Waals surface area contributed by atoms with E-state index in [4.69, 9.17) is 10.3 Å². The van der Waals surface area contributed by atoms with Gasteiger partial charge in [0.25, 0.3) is 5.89 Å². The SMILES string of the molecule is NCC[C@H](O)c1nc(Cc2ccccn2)no1. The maximum absolute atomic E-state index is 9.61. The summed E-state index contributed by atoms with van der Waals surface area (Å²) in [6, 6.07) is 5.62. The van der Waals surface area contributed by atoms with Crippen LogP contribution in [0.3, 0.4) is 0 Å². The maximum Gasteiger partial charge on any atom is 0.255 e. The molecule has 0 aliphatic heterocycles. The van der Waals surface area contributed by atoms with Crippen molar-refractivity contribution in [3.63, 3.8) is 0 Å². The Hall–Kier alpha value is -1.79. The normalized spacial score (nSPS) is 12.6. The minimum atomic E-state index is -0.787. The monoisotopic (exact) mass is 234 g/mol. The molecule has 1 atom stereocenters. The Labute approximate surface area is 98.5 Å². The number of aromatic nitrogens is 3. The molecule has 0 amide bonds. The molecule has 3 N–H and O–H groups in total. The summed E-state index contributed by atoms with van der Waals surface area (Å²) in [5, 5.41) is 13.4. The van der Waals surface area contributed by atoms with Gasteiger partial charge in [0.15, 0.2) is 5.82 Å². The van der Waals surface area contributed by atoms with E-state index in [1.807, 2.05) is 18.2 Å². The molecule has 0 saturated heterocycles. The maximum atomic E-state index is 9.61. The van der Waals surface area contributed by atoms with Crippen LogP contribution in [0.15, 0.2) is 28.9 Å². The van der Waals surface area contributed by atoms with E-state index in [0.29, 0.717) is 25.2 Å². The van der Waals surface area contributed by atoms with E-state index >= 15 is 0 Å². The van der Waals surface area contributed by atoms with Gasteiger partial charge in [0.05, 0.1) is 6.42 Å². The summed E-state index contributed by atoms with van der Waals surface area (Å²) >= 11 is 0. The Morgan fingerprint density at radius 3 is 3.00 bits per heavy atom. The van der Waals surface area contributed by atoms with Gasteiger partial charge in [-0.1, -0.05) is 11.2 Å². The summed E-state index contributed by atoms with van der Waals surface area (Å²) in [7, 11) is 0. The summed E-state index contributed by atoms with van der Waals surface area (Å²) in [5.41, 5.74) is 6.19. The predicted molar refractivity (Wildman–Crippen MR) is 60.0 cm³/mol. The lowest BCUT2D eigenvalue weighted by Crippen LogP contribution is -2.07. The Bertz CT molecular complexity index is 458. The van der Waals surface area contributed by atoms with Gasteiger partial charge in [-0.3, -0.25) is 4.98 Å². The summed E-state index contributed by atoms with van der Waals surface area (Å²) in [5.74, 6) is 0.719. The fraction of sp³-hybridized carbons (Fsp3) is 0.364. The Morgan fingerprint density at radius 2 is 2.29 bits per heavy atom. The van der Waals surface area contributed by atoms with Gasteiger partial charge < -0.3 is 15.4 Å². The molecular formula is C11H14N4O2. The van der Waals surface area contributed by atoms with Crippen LogP contribution in [0.1, 0.15) is 29.9 Å². The molecular weight excluding hydrogens is 220 g/mol. The first-order valence-corrected chi connectivity index (χ1v) is 5.40. The van der Waals surface area contributed by atoms with Crippen molar-refractivity contribution in [3.05, 3.63) is 41.8 Å². The van der Waals surface area contributed by atoms with Crippen LogP contribution in [-0.4, -0.2) is 26.8 Å². The van der Waals surface area contributed by atoms with Gasteiger partial charge in [0.1, 0.15) is 6.10 Å². The zero-order valence-corrected chi connectivity index (χ0v) is 9.28. The van der Waals surface area contributed by atoms with Crippen LogP contribution in [0.5, 0.6) is 0 Å². The first-order valence-electron chi connectivity index (χ1n) is 5.40. The first-order chi connectivity index (χ1) is 8.29. The Kier molecular flexibility index (Phi) is 3.79.